The van der Waals surface area contributed by atoms with Crippen molar-refractivity contribution in [2.24, 2.45) is 0 Å². The Morgan fingerprint density at radius 3 is 3.11 bits per heavy atom. The molecule has 0 aliphatic carbocycles. The van der Waals surface area contributed by atoms with E-state index in [-0.39, 0.29) is 0 Å². The lowest BCUT2D eigenvalue weighted by Crippen LogP contribution is -2.33. The molecular weight excluding hydrogens is 244 g/mol. The Labute approximate surface area is 110 Å². The maximum Gasteiger partial charge on any atom is 0.124 e. The first-order chi connectivity index (χ1) is 8.84. The van der Waals surface area contributed by atoms with E-state index >= 15 is 0 Å². The Morgan fingerprint density at radius 1 is 1.44 bits per heavy atom. The van der Waals surface area contributed by atoms with E-state index in [4.69, 9.17) is 4.74 Å². The molecule has 0 radical (unpaired) electrons. The van der Waals surface area contributed by atoms with Crippen LogP contribution in [0, 0.1) is 11.3 Å². The van der Waals surface area contributed by atoms with Gasteiger partial charge in [0, 0.05) is 29.5 Å². The summed E-state index contributed by atoms with van der Waals surface area (Å²) in [4.78, 5) is 5.23. The molecule has 4 heteroatoms. The number of benzene rings is 1. The molecule has 1 aromatic carbocycles. The van der Waals surface area contributed by atoms with E-state index in [1.54, 1.807) is 11.3 Å². The van der Waals surface area contributed by atoms with Crippen molar-refractivity contribution >= 4 is 11.3 Å². The maximum atomic E-state index is 9.67. The van der Waals surface area contributed by atoms with Crippen molar-refractivity contribution < 1.29 is 4.74 Å². The van der Waals surface area contributed by atoms with Gasteiger partial charge in [-0.15, -0.1) is 11.3 Å². The molecule has 0 N–H and O–H groups in total. The first-order valence-electron chi connectivity index (χ1n) is 5.85. The van der Waals surface area contributed by atoms with E-state index in [0.29, 0.717) is 13.0 Å². The Hall–Kier alpha value is -1.86. The van der Waals surface area contributed by atoms with Crippen LogP contribution in [0.1, 0.15) is 16.9 Å². The van der Waals surface area contributed by atoms with Gasteiger partial charge in [-0.1, -0.05) is 18.2 Å². The van der Waals surface area contributed by atoms with Crippen LogP contribution in [0.3, 0.4) is 0 Å². The quantitative estimate of drug-likeness (QED) is 0.830. The van der Waals surface area contributed by atoms with Crippen LogP contribution in [0.15, 0.2) is 36.0 Å². The molecule has 3 nitrogen and oxygen atoms in total. The van der Waals surface area contributed by atoms with E-state index in [1.165, 1.54) is 0 Å². The predicted molar refractivity (Wildman–Crippen MR) is 69.7 cm³/mol. The molecule has 0 amide bonds. The fraction of sp³-hybridized carbons (Fsp3) is 0.286. The monoisotopic (exact) mass is 256 g/mol. The van der Waals surface area contributed by atoms with Crippen molar-refractivity contribution in [2.45, 2.75) is 18.3 Å². The van der Waals surface area contributed by atoms with Gasteiger partial charge in [0.1, 0.15) is 5.75 Å². The van der Waals surface area contributed by atoms with E-state index in [1.807, 2.05) is 36.0 Å². The molecule has 0 saturated heterocycles. The SMILES string of the molecule is N#CC1(Cc2cncs2)CCOc2ccccc21. The number of hydrogen-bond donors (Lipinski definition) is 0. The molecule has 0 bridgehead atoms. The molecule has 2 aromatic rings. The summed E-state index contributed by atoms with van der Waals surface area (Å²) in [5, 5.41) is 9.67. The number of nitriles is 1. The minimum Gasteiger partial charge on any atom is -0.493 e. The number of rotatable bonds is 2. The summed E-state index contributed by atoms with van der Waals surface area (Å²) in [6, 6.07) is 10.4. The number of para-hydroxylation sites is 1. The largest absolute Gasteiger partial charge is 0.493 e. The predicted octanol–water partition coefficient (Wildman–Crippen LogP) is 2.93. The number of aromatic nitrogens is 1. The zero-order valence-electron chi connectivity index (χ0n) is 9.80. The van der Waals surface area contributed by atoms with Gasteiger partial charge in [0.2, 0.25) is 0 Å². The molecule has 1 atom stereocenters. The zero-order valence-corrected chi connectivity index (χ0v) is 10.6. The van der Waals surface area contributed by atoms with Gasteiger partial charge in [0.25, 0.3) is 0 Å². The lowest BCUT2D eigenvalue weighted by Gasteiger charge is -2.32. The molecule has 0 spiro atoms. The van der Waals surface area contributed by atoms with Crippen molar-refractivity contribution in [2.75, 3.05) is 6.61 Å². The van der Waals surface area contributed by atoms with Gasteiger partial charge >= 0.3 is 0 Å². The zero-order chi connectivity index (χ0) is 12.4. The molecule has 2 heterocycles. The highest BCUT2D eigenvalue weighted by atomic mass is 32.1. The van der Waals surface area contributed by atoms with Gasteiger partial charge in [-0.2, -0.15) is 5.26 Å². The van der Waals surface area contributed by atoms with E-state index < -0.39 is 5.41 Å². The highest BCUT2D eigenvalue weighted by Gasteiger charge is 2.38. The van der Waals surface area contributed by atoms with Crippen molar-refractivity contribution in [3.63, 3.8) is 0 Å². The van der Waals surface area contributed by atoms with Crippen molar-refractivity contribution in [3.8, 4) is 11.8 Å². The second kappa shape index (κ2) is 4.43. The topological polar surface area (TPSA) is 45.9 Å². The van der Waals surface area contributed by atoms with Crippen molar-refractivity contribution in [1.29, 1.82) is 5.26 Å². The first-order valence-corrected chi connectivity index (χ1v) is 6.73. The van der Waals surface area contributed by atoms with Gasteiger partial charge in [-0.3, -0.25) is 4.98 Å². The number of hydrogen-bond acceptors (Lipinski definition) is 4. The van der Waals surface area contributed by atoms with Crippen LogP contribution in [0.25, 0.3) is 0 Å². The minimum absolute atomic E-state index is 0.471. The summed E-state index contributed by atoms with van der Waals surface area (Å²) in [5.41, 5.74) is 2.35. The summed E-state index contributed by atoms with van der Waals surface area (Å²) in [6.07, 6.45) is 3.30. The molecule has 0 saturated carbocycles. The first kappa shape index (κ1) is 11.2. The summed E-state index contributed by atoms with van der Waals surface area (Å²) < 4.78 is 5.64. The normalized spacial score (nSPS) is 21.7. The molecule has 90 valence electrons. The third kappa shape index (κ3) is 1.77. The third-order valence-corrected chi connectivity index (χ3v) is 4.14. The Morgan fingerprint density at radius 2 is 2.33 bits per heavy atom. The van der Waals surface area contributed by atoms with Crippen molar-refractivity contribution in [1.82, 2.24) is 4.98 Å². The summed E-state index contributed by atoms with van der Waals surface area (Å²) >= 11 is 1.60. The molecule has 1 unspecified atom stereocenters. The molecule has 1 aromatic heterocycles. The number of thiazole rings is 1. The van der Waals surface area contributed by atoms with Crippen LogP contribution in [-0.2, 0) is 11.8 Å². The Balaban J connectivity index is 2.05. The van der Waals surface area contributed by atoms with E-state index in [9.17, 15) is 5.26 Å². The van der Waals surface area contributed by atoms with Gasteiger partial charge < -0.3 is 4.74 Å². The molecular formula is C14H12N2OS. The van der Waals surface area contributed by atoms with Crippen LogP contribution in [0.2, 0.25) is 0 Å². The Bertz CT molecular complexity index is 588. The van der Waals surface area contributed by atoms with Crippen LogP contribution >= 0.6 is 11.3 Å². The van der Waals surface area contributed by atoms with Crippen LogP contribution in [0.5, 0.6) is 5.75 Å². The summed E-state index contributed by atoms with van der Waals surface area (Å²) in [7, 11) is 0. The number of ether oxygens (including phenoxy) is 1. The average molecular weight is 256 g/mol. The number of fused-ring (bicyclic) bond motifs is 1. The van der Waals surface area contributed by atoms with Gasteiger partial charge in [0.05, 0.1) is 23.6 Å². The Kier molecular flexibility index (Phi) is 2.77. The highest BCUT2D eigenvalue weighted by molar-refractivity contribution is 7.09. The lowest BCUT2D eigenvalue weighted by molar-refractivity contribution is 0.241. The molecule has 18 heavy (non-hydrogen) atoms. The van der Waals surface area contributed by atoms with Crippen LogP contribution in [0.4, 0.5) is 0 Å². The van der Waals surface area contributed by atoms with Crippen LogP contribution in [-0.4, -0.2) is 11.6 Å². The second-order valence-corrected chi connectivity index (χ2v) is 5.40. The highest BCUT2D eigenvalue weighted by Crippen LogP contribution is 2.41. The van der Waals surface area contributed by atoms with Crippen LogP contribution < -0.4 is 4.74 Å². The van der Waals surface area contributed by atoms with Gasteiger partial charge in [-0.05, 0) is 6.07 Å². The standard InChI is InChI=1S/C14H12N2OS/c15-9-14(7-11-8-16-10-18-11)5-6-17-13-4-2-1-3-12(13)14/h1-4,8,10H,5-7H2. The van der Waals surface area contributed by atoms with Gasteiger partial charge in [-0.25, -0.2) is 0 Å². The minimum atomic E-state index is -0.471. The van der Waals surface area contributed by atoms with E-state index in [2.05, 4.69) is 11.1 Å². The lowest BCUT2D eigenvalue weighted by atomic mass is 9.74. The summed E-state index contributed by atoms with van der Waals surface area (Å²) in [5.74, 6) is 0.842. The third-order valence-electron chi connectivity index (χ3n) is 3.36. The summed E-state index contributed by atoms with van der Waals surface area (Å²) in [6.45, 7) is 0.601. The fourth-order valence-electron chi connectivity index (χ4n) is 2.42. The average Bonchev–Trinajstić information content (AvgIpc) is 2.92. The second-order valence-electron chi connectivity index (χ2n) is 4.43. The molecule has 3 rings (SSSR count). The van der Waals surface area contributed by atoms with Gasteiger partial charge in [0.15, 0.2) is 0 Å². The van der Waals surface area contributed by atoms with Crippen molar-refractivity contribution in [3.05, 3.63) is 46.4 Å². The molecule has 1 aliphatic heterocycles. The molecule has 1 aliphatic rings. The number of nitrogens with zero attached hydrogens (tertiary/aromatic N) is 2. The van der Waals surface area contributed by atoms with E-state index in [0.717, 1.165) is 22.6 Å². The molecule has 0 fully saturated rings. The fourth-order valence-corrected chi connectivity index (χ4v) is 3.13. The smallest absolute Gasteiger partial charge is 0.124 e. The maximum absolute atomic E-state index is 9.67.